The van der Waals surface area contributed by atoms with Crippen LogP contribution in [0.1, 0.15) is 0 Å². The molecule has 124 valence electrons. The van der Waals surface area contributed by atoms with Gasteiger partial charge in [0, 0.05) is 0 Å². The summed E-state index contributed by atoms with van der Waals surface area (Å²) in [6.07, 6.45) is -4.38. The minimum atomic E-state index is -2.68. The van der Waals surface area contributed by atoms with E-state index in [-0.39, 0.29) is 40.7 Å². The normalized spacial score (nSPS) is 29.5. The van der Waals surface area contributed by atoms with Gasteiger partial charge in [-0.15, -0.1) is 0 Å². The minimum Gasteiger partial charge on any atom is -0.545 e. The minimum absolute atomic E-state index is 0. The van der Waals surface area contributed by atoms with Crippen molar-refractivity contribution in [1.29, 1.82) is 0 Å². The molecule has 1 aliphatic rings. The first-order valence-corrected chi connectivity index (χ1v) is 6.39. The quantitative estimate of drug-likeness (QED) is 0.334. The van der Waals surface area contributed by atoms with Gasteiger partial charge in [0.1, 0.15) is 30.3 Å². The molecule has 3 heterocycles. The number of carbonyl (C=O) groups is 1. The van der Waals surface area contributed by atoms with Gasteiger partial charge in [-0.1, -0.05) is 0 Å². The maximum Gasteiger partial charge on any atom is 1.00 e. The van der Waals surface area contributed by atoms with Crippen LogP contribution in [0, 0.1) is 0 Å². The van der Waals surface area contributed by atoms with E-state index < -0.39 is 47.9 Å². The second kappa shape index (κ2) is 6.40. The zero-order valence-corrected chi connectivity index (χ0v) is 14.3. The first-order chi connectivity index (χ1) is 10.8. The number of aliphatic hydroxyl groups is 3. The molecule has 24 heavy (non-hydrogen) atoms. The average Bonchev–Trinajstić information content (AvgIpc) is 3.01. The maximum absolute atomic E-state index is 11.7. The first-order valence-electron chi connectivity index (χ1n) is 6.39. The molecule has 4 atom stereocenters. The van der Waals surface area contributed by atoms with Gasteiger partial charge in [0.05, 0.1) is 12.6 Å². The van der Waals surface area contributed by atoms with Crippen LogP contribution in [-0.2, 0) is 15.3 Å². The Balaban J connectivity index is 0.00000208. The average molecular weight is 350 g/mol. The zero-order chi connectivity index (χ0) is 16.9. The molecule has 0 radical (unpaired) electrons. The van der Waals surface area contributed by atoms with Gasteiger partial charge in [0.2, 0.25) is 5.72 Å². The van der Waals surface area contributed by atoms with E-state index >= 15 is 0 Å². The summed E-state index contributed by atoms with van der Waals surface area (Å²) in [5, 5.41) is 40.7. The summed E-state index contributed by atoms with van der Waals surface area (Å²) in [7, 11) is 0. The number of aromatic nitrogens is 4. The molecule has 0 amide bonds. The summed E-state index contributed by atoms with van der Waals surface area (Å²) < 4.78 is 5.76. The molecule has 1 fully saturated rings. The van der Waals surface area contributed by atoms with E-state index in [4.69, 9.17) is 9.84 Å². The van der Waals surface area contributed by atoms with Crippen molar-refractivity contribution < 1.29 is 59.5 Å². The third kappa shape index (κ3) is 2.43. The number of aromatic amines is 2. The van der Waals surface area contributed by atoms with Crippen molar-refractivity contribution in [3.63, 3.8) is 0 Å². The summed E-state index contributed by atoms with van der Waals surface area (Å²) >= 11 is 0. The molecule has 2 aromatic heterocycles. The van der Waals surface area contributed by atoms with Crippen molar-refractivity contribution in [2.75, 3.05) is 6.61 Å². The number of fused-ring (bicyclic) bond motifs is 1. The molecule has 0 saturated carbocycles. The van der Waals surface area contributed by atoms with E-state index in [1.807, 2.05) is 4.98 Å². The molecule has 0 bridgehead atoms. The first kappa shape index (κ1) is 18.8. The van der Waals surface area contributed by atoms with Gasteiger partial charge < -0.3 is 30.0 Å². The molecule has 3 rings (SSSR count). The number of rotatable bonds is 3. The van der Waals surface area contributed by atoms with Crippen LogP contribution in [0.2, 0.25) is 0 Å². The Morgan fingerprint density at radius 1 is 1.42 bits per heavy atom. The fourth-order valence-corrected chi connectivity index (χ4v) is 2.60. The van der Waals surface area contributed by atoms with Crippen LogP contribution in [0.15, 0.2) is 15.9 Å². The summed E-state index contributed by atoms with van der Waals surface area (Å²) in [6.45, 7) is -0.781. The molecule has 5 N–H and O–H groups in total. The van der Waals surface area contributed by atoms with Gasteiger partial charge in [-0.3, -0.25) is 19.3 Å². The Hall–Kier alpha value is -1.54. The zero-order valence-electron chi connectivity index (χ0n) is 12.3. The standard InChI is InChI=1S/C11H12N4O8.Na/c16-1-3-5(17)6(18)11(23-3,9(20)21)15-2-12-4-7(15)13-10(22)14-8(4)19;/h2-3,5-6,16-18H,1H2,(H,20,21)(H2,13,14,19,22);/q;+1/p-1/t3-,5-,6-,11+;/m1./s1. The smallest absolute Gasteiger partial charge is 0.545 e. The van der Waals surface area contributed by atoms with E-state index in [2.05, 4.69) is 9.97 Å². The number of carbonyl (C=O) groups excluding carboxylic acids is 1. The molecule has 1 aliphatic heterocycles. The maximum atomic E-state index is 11.7. The number of hydrogen-bond acceptors (Lipinski definition) is 9. The Morgan fingerprint density at radius 3 is 2.62 bits per heavy atom. The predicted molar refractivity (Wildman–Crippen MR) is 67.9 cm³/mol. The number of H-pyrrole nitrogens is 2. The van der Waals surface area contributed by atoms with Gasteiger partial charge >= 0.3 is 35.2 Å². The molecule has 12 nitrogen and oxygen atoms in total. The number of imidazole rings is 1. The van der Waals surface area contributed by atoms with E-state index in [1.54, 1.807) is 0 Å². The molecular weight excluding hydrogens is 339 g/mol. The number of aliphatic carboxylic acids is 1. The number of aliphatic hydroxyl groups excluding tert-OH is 3. The van der Waals surface area contributed by atoms with E-state index in [0.717, 1.165) is 6.33 Å². The molecular formula is C11H11N4NaO8. The Labute approximate surface area is 154 Å². The van der Waals surface area contributed by atoms with Crippen LogP contribution in [-0.4, -0.2) is 65.7 Å². The van der Waals surface area contributed by atoms with Gasteiger partial charge in [0.25, 0.3) is 5.56 Å². The van der Waals surface area contributed by atoms with E-state index in [9.17, 15) is 29.7 Å². The number of ether oxygens (including phenoxy) is 1. The van der Waals surface area contributed by atoms with Crippen LogP contribution in [0.5, 0.6) is 0 Å². The van der Waals surface area contributed by atoms with Crippen molar-refractivity contribution in [3.8, 4) is 0 Å². The molecule has 13 heteroatoms. The predicted octanol–water partition coefficient (Wildman–Crippen LogP) is -8.07. The summed E-state index contributed by atoms with van der Waals surface area (Å²) in [4.78, 5) is 42.4. The summed E-state index contributed by atoms with van der Waals surface area (Å²) in [5.74, 6) is -1.96. The van der Waals surface area contributed by atoms with Crippen LogP contribution >= 0.6 is 0 Å². The number of nitrogens with one attached hydrogen (secondary N) is 2. The van der Waals surface area contributed by atoms with E-state index in [0.29, 0.717) is 4.57 Å². The van der Waals surface area contributed by atoms with E-state index in [1.165, 1.54) is 0 Å². The van der Waals surface area contributed by atoms with Gasteiger partial charge in [0.15, 0.2) is 5.52 Å². The largest absolute Gasteiger partial charge is 1.00 e. The van der Waals surface area contributed by atoms with Crippen molar-refractivity contribution >= 4 is 17.1 Å². The van der Waals surface area contributed by atoms with Gasteiger partial charge in [-0.2, -0.15) is 0 Å². The number of carboxylic acid groups (broad SMARTS) is 1. The Bertz CT molecular complexity index is 890. The van der Waals surface area contributed by atoms with Gasteiger partial charge in [-0.05, 0) is 0 Å². The van der Waals surface area contributed by atoms with Crippen LogP contribution in [0.4, 0.5) is 0 Å². The monoisotopic (exact) mass is 350 g/mol. The molecule has 0 spiro atoms. The molecule has 0 aromatic carbocycles. The second-order valence-electron chi connectivity index (χ2n) is 4.98. The number of hydrogen-bond donors (Lipinski definition) is 5. The SMILES string of the molecule is O=C([O-])[C@@]1(n2cnc3c(=O)[nH]c(=O)[nH]c32)O[C@H](CO)[C@@H](O)[C@H]1O.[Na+]. The van der Waals surface area contributed by atoms with Gasteiger partial charge in [-0.25, -0.2) is 9.78 Å². The third-order valence-corrected chi connectivity index (χ3v) is 3.71. The van der Waals surface area contributed by atoms with Crippen LogP contribution in [0.25, 0.3) is 11.2 Å². The molecule has 2 aromatic rings. The van der Waals surface area contributed by atoms with Crippen molar-refractivity contribution in [2.24, 2.45) is 0 Å². The van der Waals surface area contributed by atoms with Crippen LogP contribution < -0.4 is 45.9 Å². The topological polar surface area (TPSA) is 194 Å². The second-order valence-corrected chi connectivity index (χ2v) is 4.98. The summed E-state index contributed by atoms with van der Waals surface area (Å²) in [5.41, 5.74) is -5.18. The Kier molecular flexibility index (Phi) is 5.01. The fraction of sp³-hybridized carbons (Fsp3) is 0.455. The molecule has 0 aliphatic carbocycles. The molecule has 1 saturated heterocycles. The van der Waals surface area contributed by atoms with Crippen molar-refractivity contribution in [2.45, 2.75) is 24.0 Å². The van der Waals surface area contributed by atoms with Crippen LogP contribution in [0.3, 0.4) is 0 Å². The number of nitrogens with zero attached hydrogens (tertiary/aromatic N) is 2. The fourth-order valence-electron chi connectivity index (χ4n) is 2.60. The molecule has 0 unspecified atom stereocenters. The van der Waals surface area contributed by atoms with Crippen molar-refractivity contribution in [1.82, 2.24) is 19.5 Å². The third-order valence-electron chi connectivity index (χ3n) is 3.71. The Morgan fingerprint density at radius 2 is 2.08 bits per heavy atom. The number of carboxylic acids is 1. The van der Waals surface area contributed by atoms with Crippen molar-refractivity contribution in [3.05, 3.63) is 27.2 Å². The summed E-state index contributed by atoms with van der Waals surface area (Å²) in [6, 6.07) is 0.